The average Bonchev–Trinajstić information content (AvgIpc) is 3.43. The van der Waals surface area contributed by atoms with Gasteiger partial charge in [0, 0.05) is 19.0 Å². The molecule has 0 atom stereocenters. The summed E-state index contributed by atoms with van der Waals surface area (Å²) in [5, 5.41) is 10.5. The van der Waals surface area contributed by atoms with Crippen molar-refractivity contribution in [1.82, 2.24) is 14.5 Å². The molecule has 164 valence electrons. The number of sulfonamides is 1. The summed E-state index contributed by atoms with van der Waals surface area (Å²) in [5.41, 5.74) is 0.616. The Morgan fingerprint density at radius 3 is 2.65 bits per heavy atom. The molecule has 0 aliphatic carbocycles. The molecule has 12 heteroatoms. The van der Waals surface area contributed by atoms with E-state index >= 15 is 0 Å². The third kappa shape index (κ3) is 4.59. The maximum atomic E-state index is 12.7. The molecular weight excluding hydrogens is 464 g/mol. The van der Waals surface area contributed by atoms with Crippen LogP contribution in [0.15, 0.2) is 45.0 Å². The van der Waals surface area contributed by atoms with E-state index in [2.05, 4.69) is 15.5 Å². The molecule has 3 aromatic rings. The number of ether oxygens (including phenoxy) is 1. The second-order valence-electron chi connectivity index (χ2n) is 6.84. The fourth-order valence-electron chi connectivity index (χ4n) is 3.33. The molecule has 0 radical (unpaired) electrons. The molecule has 1 aliphatic heterocycles. The SMILES string of the molecule is COc1ccccc1-c1nnc(NC(=O)C2CCN(S(=O)(=O)c3ccc(Cl)s3)CC2)o1. The summed E-state index contributed by atoms with van der Waals surface area (Å²) in [7, 11) is -2.06. The van der Waals surface area contributed by atoms with E-state index in [0.29, 0.717) is 28.5 Å². The van der Waals surface area contributed by atoms with E-state index in [0.717, 1.165) is 11.3 Å². The van der Waals surface area contributed by atoms with Gasteiger partial charge in [0.1, 0.15) is 9.96 Å². The van der Waals surface area contributed by atoms with Crippen molar-refractivity contribution < 1.29 is 22.4 Å². The van der Waals surface area contributed by atoms with Gasteiger partial charge in [-0.05, 0) is 37.1 Å². The van der Waals surface area contributed by atoms with E-state index < -0.39 is 10.0 Å². The summed E-state index contributed by atoms with van der Waals surface area (Å²) in [4.78, 5) is 12.6. The van der Waals surface area contributed by atoms with Crippen LogP contribution >= 0.6 is 22.9 Å². The maximum Gasteiger partial charge on any atom is 0.322 e. The van der Waals surface area contributed by atoms with Crippen LogP contribution in [-0.4, -0.2) is 49.0 Å². The molecule has 4 rings (SSSR count). The Morgan fingerprint density at radius 2 is 1.97 bits per heavy atom. The van der Waals surface area contributed by atoms with Crippen LogP contribution in [0.4, 0.5) is 6.01 Å². The molecule has 31 heavy (non-hydrogen) atoms. The Balaban J connectivity index is 1.37. The first kappa shape index (κ1) is 21.8. The second-order valence-corrected chi connectivity index (χ2v) is 10.7. The molecule has 9 nitrogen and oxygen atoms in total. The van der Waals surface area contributed by atoms with Gasteiger partial charge in [-0.2, -0.15) is 4.31 Å². The van der Waals surface area contributed by atoms with E-state index in [1.165, 1.54) is 17.5 Å². The van der Waals surface area contributed by atoms with Gasteiger partial charge in [-0.3, -0.25) is 10.1 Å². The number of nitrogens with one attached hydrogen (secondary N) is 1. The lowest BCUT2D eigenvalue weighted by molar-refractivity contribution is -0.121. The lowest BCUT2D eigenvalue weighted by atomic mass is 9.97. The number of amides is 1. The van der Waals surface area contributed by atoms with E-state index in [1.54, 1.807) is 18.2 Å². The zero-order valence-electron chi connectivity index (χ0n) is 16.4. The van der Waals surface area contributed by atoms with Crippen LogP contribution in [-0.2, 0) is 14.8 Å². The topological polar surface area (TPSA) is 115 Å². The quantitative estimate of drug-likeness (QED) is 0.571. The Hall–Kier alpha value is -2.47. The van der Waals surface area contributed by atoms with Crippen LogP contribution in [0.25, 0.3) is 11.5 Å². The lowest BCUT2D eigenvalue weighted by Crippen LogP contribution is -2.41. The van der Waals surface area contributed by atoms with Crippen LogP contribution in [0.5, 0.6) is 5.75 Å². The second kappa shape index (κ2) is 8.95. The van der Waals surface area contributed by atoms with Gasteiger partial charge in [-0.15, -0.1) is 16.4 Å². The molecule has 1 fully saturated rings. The smallest absolute Gasteiger partial charge is 0.322 e. The number of thiophene rings is 1. The fourth-order valence-corrected chi connectivity index (χ4v) is 6.44. The van der Waals surface area contributed by atoms with Gasteiger partial charge in [-0.25, -0.2) is 8.42 Å². The number of para-hydroxylation sites is 1. The zero-order valence-corrected chi connectivity index (χ0v) is 18.8. The number of hydrogen-bond donors (Lipinski definition) is 1. The number of benzene rings is 1. The number of anilines is 1. The first-order valence-corrected chi connectivity index (χ1v) is 12.0. The van der Waals surface area contributed by atoms with Crippen molar-refractivity contribution >= 4 is 44.9 Å². The predicted molar refractivity (Wildman–Crippen MR) is 116 cm³/mol. The van der Waals surface area contributed by atoms with Crippen molar-refractivity contribution in [1.29, 1.82) is 0 Å². The molecule has 0 spiro atoms. The third-order valence-corrected chi connectivity index (χ3v) is 8.56. The molecule has 1 saturated heterocycles. The number of nitrogens with zero attached hydrogens (tertiary/aromatic N) is 3. The molecule has 0 saturated carbocycles. The van der Waals surface area contributed by atoms with Crippen LogP contribution < -0.4 is 10.1 Å². The van der Waals surface area contributed by atoms with Crippen molar-refractivity contribution in [3.63, 3.8) is 0 Å². The molecule has 1 aromatic carbocycles. The normalized spacial score (nSPS) is 15.7. The first-order chi connectivity index (χ1) is 14.9. The standard InChI is InChI=1S/C19H19ClN4O5S2/c1-28-14-5-3-2-4-13(14)18-22-23-19(29-18)21-17(25)12-8-10-24(11-9-12)31(26,27)16-7-6-15(20)30-16/h2-7,12H,8-11H2,1H3,(H,21,23,25). The zero-order chi connectivity index (χ0) is 22.0. The summed E-state index contributed by atoms with van der Waals surface area (Å²) < 4.78 is 38.2. The summed E-state index contributed by atoms with van der Waals surface area (Å²) in [6.45, 7) is 0.485. The van der Waals surface area contributed by atoms with E-state index in [9.17, 15) is 13.2 Å². The Morgan fingerprint density at radius 1 is 1.23 bits per heavy atom. The molecular formula is C19H19ClN4O5S2. The molecule has 0 bridgehead atoms. The monoisotopic (exact) mass is 482 g/mol. The summed E-state index contributed by atoms with van der Waals surface area (Å²) >= 11 is 6.88. The van der Waals surface area contributed by atoms with Crippen molar-refractivity contribution in [2.45, 2.75) is 17.1 Å². The predicted octanol–water partition coefficient (Wildman–Crippen LogP) is 3.50. The average molecular weight is 483 g/mol. The summed E-state index contributed by atoms with van der Waals surface area (Å²) in [6, 6.07) is 10.2. The van der Waals surface area contributed by atoms with Crippen LogP contribution in [0.2, 0.25) is 4.34 Å². The number of rotatable bonds is 6. The van der Waals surface area contributed by atoms with Crippen molar-refractivity contribution in [2.75, 3.05) is 25.5 Å². The van der Waals surface area contributed by atoms with Gasteiger partial charge < -0.3 is 9.15 Å². The molecule has 1 amide bonds. The van der Waals surface area contributed by atoms with E-state index in [4.69, 9.17) is 20.8 Å². The molecule has 0 unspecified atom stereocenters. The summed E-state index contributed by atoms with van der Waals surface area (Å²) in [6.07, 6.45) is 0.773. The van der Waals surface area contributed by atoms with Gasteiger partial charge in [-0.1, -0.05) is 28.8 Å². The highest BCUT2D eigenvalue weighted by Crippen LogP contribution is 2.32. The number of piperidine rings is 1. The number of carbonyl (C=O) groups is 1. The highest BCUT2D eigenvalue weighted by atomic mass is 35.5. The largest absolute Gasteiger partial charge is 0.496 e. The Labute approximate surface area is 188 Å². The fraction of sp³-hybridized carbons (Fsp3) is 0.316. The molecule has 2 aromatic heterocycles. The first-order valence-electron chi connectivity index (χ1n) is 9.41. The molecule has 3 heterocycles. The lowest BCUT2D eigenvalue weighted by Gasteiger charge is -2.29. The van der Waals surface area contributed by atoms with E-state index in [-0.39, 0.29) is 41.0 Å². The van der Waals surface area contributed by atoms with Gasteiger partial charge in [0.2, 0.25) is 5.91 Å². The molecule has 1 aliphatic rings. The van der Waals surface area contributed by atoms with Gasteiger partial charge in [0.15, 0.2) is 0 Å². The van der Waals surface area contributed by atoms with Gasteiger partial charge in [0.05, 0.1) is 17.0 Å². The van der Waals surface area contributed by atoms with Gasteiger partial charge >= 0.3 is 6.01 Å². The van der Waals surface area contributed by atoms with Crippen LogP contribution in [0, 0.1) is 5.92 Å². The summed E-state index contributed by atoms with van der Waals surface area (Å²) in [5.74, 6) is 0.152. The van der Waals surface area contributed by atoms with Crippen molar-refractivity contribution in [2.24, 2.45) is 5.92 Å². The minimum Gasteiger partial charge on any atom is -0.496 e. The Kier molecular flexibility index (Phi) is 6.28. The van der Waals surface area contributed by atoms with Gasteiger partial charge in [0.25, 0.3) is 15.9 Å². The number of halogens is 1. The van der Waals surface area contributed by atoms with Crippen LogP contribution in [0.1, 0.15) is 12.8 Å². The minimum atomic E-state index is -3.60. The van der Waals surface area contributed by atoms with Crippen molar-refractivity contribution in [3.8, 4) is 17.2 Å². The maximum absolute atomic E-state index is 12.7. The van der Waals surface area contributed by atoms with Crippen LogP contribution in [0.3, 0.4) is 0 Å². The number of methoxy groups -OCH3 is 1. The highest BCUT2D eigenvalue weighted by Gasteiger charge is 2.33. The number of aromatic nitrogens is 2. The van der Waals surface area contributed by atoms with E-state index in [1.807, 2.05) is 12.1 Å². The third-order valence-electron chi connectivity index (χ3n) is 4.96. The van der Waals surface area contributed by atoms with Crippen molar-refractivity contribution in [3.05, 3.63) is 40.7 Å². The number of hydrogen-bond acceptors (Lipinski definition) is 8. The highest BCUT2D eigenvalue weighted by molar-refractivity contribution is 7.91. The minimum absolute atomic E-state index is 0.0193. The number of carbonyl (C=O) groups excluding carboxylic acids is 1. The molecule has 1 N–H and O–H groups in total. The Bertz CT molecular complexity index is 1190.